The van der Waals surface area contributed by atoms with E-state index in [1.807, 2.05) is 19.1 Å². The molecule has 1 aliphatic heterocycles. The number of benzene rings is 1. The molecule has 1 heterocycles. The quantitative estimate of drug-likeness (QED) is 0.843. The van der Waals surface area contributed by atoms with Crippen LogP contribution in [0.25, 0.3) is 0 Å². The zero-order valence-corrected chi connectivity index (χ0v) is 12.8. The Morgan fingerprint density at radius 1 is 1.52 bits per heavy atom. The summed E-state index contributed by atoms with van der Waals surface area (Å²) >= 11 is 0. The Hall–Kier alpha value is -1.43. The van der Waals surface area contributed by atoms with Gasteiger partial charge in [0.2, 0.25) is 5.91 Å². The van der Waals surface area contributed by atoms with Crippen molar-refractivity contribution in [3.8, 4) is 0 Å². The van der Waals surface area contributed by atoms with E-state index < -0.39 is 0 Å². The molecule has 2 unspecified atom stereocenters. The third kappa shape index (κ3) is 3.61. The van der Waals surface area contributed by atoms with Crippen LogP contribution in [0.1, 0.15) is 24.1 Å². The van der Waals surface area contributed by atoms with E-state index in [1.54, 1.807) is 0 Å². The average Bonchev–Trinajstić information content (AvgIpc) is 2.50. The second-order valence-electron chi connectivity index (χ2n) is 5.33. The molecule has 0 aromatic heterocycles. The van der Waals surface area contributed by atoms with Crippen molar-refractivity contribution in [1.82, 2.24) is 10.2 Å². The SMILES string of the molecule is CCNC(=O)C1COCCN1C(CN)c1ccccc1C. The molecule has 1 aromatic rings. The number of carbonyl (C=O) groups excluding carboxylic acids is 1. The summed E-state index contributed by atoms with van der Waals surface area (Å²) in [4.78, 5) is 14.4. The number of amides is 1. The van der Waals surface area contributed by atoms with Gasteiger partial charge in [0.15, 0.2) is 0 Å². The molecule has 0 saturated carbocycles. The molecular formula is C16H25N3O2. The fourth-order valence-corrected chi connectivity index (χ4v) is 2.91. The van der Waals surface area contributed by atoms with E-state index in [1.165, 1.54) is 11.1 Å². The first-order valence-corrected chi connectivity index (χ1v) is 7.55. The molecule has 1 aliphatic rings. The predicted octanol–water partition coefficient (Wildman–Crippen LogP) is 0.832. The number of nitrogens with one attached hydrogen (secondary N) is 1. The molecule has 116 valence electrons. The van der Waals surface area contributed by atoms with Gasteiger partial charge in [0, 0.05) is 25.7 Å². The van der Waals surface area contributed by atoms with Gasteiger partial charge in [-0.15, -0.1) is 0 Å². The molecule has 2 atom stereocenters. The molecular weight excluding hydrogens is 266 g/mol. The lowest BCUT2D eigenvalue weighted by atomic mass is 9.98. The van der Waals surface area contributed by atoms with Gasteiger partial charge in [-0.05, 0) is 25.0 Å². The molecule has 2 rings (SSSR count). The Labute approximate surface area is 126 Å². The van der Waals surface area contributed by atoms with Crippen LogP contribution in [0.4, 0.5) is 0 Å². The van der Waals surface area contributed by atoms with Crippen LogP contribution in [0.5, 0.6) is 0 Å². The summed E-state index contributed by atoms with van der Waals surface area (Å²) in [5, 5.41) is 2.89. The highest BCUT2D eigenvalue weighted by Crippen LogP contribution is 2.26. The Bertz CT molecular complexity index is 478. The van der Waals surface area contributed by atoms with Gasteiger partial charge in [0.25, 0.3) is 0 Å². The minimum Gasteiger partial charge on any atom is -0.378 e. The molecule has 0 radical (unpaired) electrons. The highest BCUT2D eigenvalue weighted by atomic mass is 16.5. The maximum Gasteiger partial charge on any atom is 0.239 e. The summed E-state index contributed by atoms with van der Waals surface area (Å²) in [6.07, 6.45) is 0. The normalized spacial score (nSPS) is 21.0. The van der Waals surface area contributed by atoms with Crippen LogP contribution in [0.3, 0.4) is 0 Å². The van der Waals surface area contributed by atoms with Crippen LogP contribution in [0, 0.1) is 6.92 Å². The molecule has 0 aliphatic carbocycles. The van der Waals surface area contributed by atoms with E-state index in [-0.39, 0.29) is 18.0 Å². The van der Waals surface area contributed by atoms with Crippen molar-refractivity contribution in [1.29, 1.82) is 0 Å². The van der Waals surface area contributed by atoms with Gasteiger partial charge in [0.1, 0.15) is 6.04 Å². The molecule has 5 heteroatoms. The standard InChI is InChI=1S/C16H25N3O2/c1-3-18-16(20)15-11-21-9-8-19(15)14(10-17)13-7-5-4-6-12(13)2/h4-7,14-15H,3,8-11,17H2,1-2H3,(H,18,20). The van der Waals surface area contributed by atoms with Crippen molar-refractivity contribution >= 4 is 5.91 Å². The van der Waals surface area contributed by atoms with Gasteiger partial charge < -0.3 is 15.8 Å². The van der Waals surface area contributed by atoms with Crippen molar-refractivity contribution in [3.05, 3.63) is 35.4 Å². The lowest BCUT2D eigenvalue weighted by Gasteiger charge is -2.40. The summed E-state index contributed by atoms with van der Waals surface area (Å²) < 4.78 is 5.50. The topological polar surface area (TPSA) is 67.6 Å². The number of rotatable bonds is 5. The largest absolute Gasteiger partial charge is 0.378 e. The van der Waals surface area contributed by atoms with Gasteiger partial charge in [-0.1, -0.05) is 24.3 Å². The summed E-state index contributed by atoms with van der Waals surface area (Å²) in [6.45, 7) is 6.90. The fourth-order valence-electron chi connectivity index (χ4n) is 2.91. The number of hydrogen-bond donors (Lipinski definition) is 2. The van der Waals surface area contributed by atoms with E-state index in [9.17, 15) is 4.79 Å². The zero-order valence-electron chi connectivity index (χ0n) is 12.8. The number of ether oxygens (including phenoxy) is 1. The van der Waals surface area contributed by atoms with Gasteiger partial charge in [0.05, 0.1) is 13.2 Å². The molecule has 1 aromatic carbocycles. The van der Waals surface area contributed by atoms with Crippen molar-refractivity contribution in [2.45, 2.75) is 25.9 Å². The highest BCUT2D eigenvalue weighted by Gasteiger charge is 2.34. The van der Waals surface area contributed by atoms with Crippen LogP contribution in [0.15, 0.2) is 24.3 Å². The van der Waals surface area contributed by atoms with E-state index in [4.69, 9.17) is 10.5 Å². The molecule has 1 fully saturated rings. The summed E-state index contributed by atoms with van der Waals surface area (Å²) in [5.74, 6) is 0.0178. The number of likely N-dealkylation sites (N-methyl/N-ethyl adjacent to an activating group) is 1. The Morgan fingerprint density at radius 3 is 2.95 bits per heavy atom. The summed E-state index contributed by atoms with van der Waals surface area (Å²) in [5.41, 5.74) is 8.42. The lowest BCUT2D eigenvalue weighted by Crippen LogP contribution is -2.56. The number of nitrogens with two attached hydrogens (primary N) is 1. The lowest BCUT2D eigenvalue weighted by molar-refractivity contribution is -0.134. The summed E-state index contributed by atoms with van der Waals surface area (Å²) in [7, 11) is 0. The number of nitrogens with zero attached hydrogens (tertiary/aromatic N) is 1. The second-order valence-corrected chi connectivity index (χ2v) is 5.33. The van der Waals surface area contributed by atoms with E-state index >= 15 is 0 Å². The minimum absolute atomic E-state index is 0.0178. The Balaban J connectivity index is 2.25. The fraction of sp³-hybridized carbons (Fsp3) is 0.562. The average molecular weight is 291 g/mol. The maximum atomic E-state index is 12.3. The third-order valence-corrected chi connectivity index (χ3v) is 3.99. The molecule has 21 heavy (non-hydrogen) atoms. The second kappa shape index (κ2) is 7.54. The van der Waals surface area contributed by atoms with Gasteiger partial charge in [-0.25, -0.2) is 0 Å². The van der Waals surface area contributed by atoms with E-state index in [0.717, 1.165) is 6.54 Å². The first-order valence-electron chi connectivity index (χ1n) is 7.55. The van der Waals surface area contributed by atoms with Crippen LogP contribution in [-0.4, -0.2) is 49.7 Å². The van der Waals surface area contributed by atoms with E-state index in [2.05, 4.69) is 29.3 Å². The van der Waals surface area contributed by atoms with Crippen molar-refractivity contribution in [3.63, 3.8) is 0 Å². The highest BCUT2D eigenvalue weighted by molar-refractivity contribution is 5.82. The van der Waals surface area contributed by atoms with Gasteiger partial charge in [-0.2, -0.15) is 0 Å². The Kier molecular flexibility index (Phi) is 5.73. The monoisotopic (exact) mass is 291 g/mol. The van der Waals surface area contributed by atoms with E-state index in [0.29, 0.717) is 26.3 Å². The molecule has 5 nitrogen and oxygen atoms in total. The van der Waals surface area contributed by atoms with Crippen molar-refractivity contribution in [2.75, 3.05) is 32.8 Å². The minimum atomic E-state index is -0.271. The number of hydrogen-bond acceptors (Lipinski definition) is 4. The molecule has 1 saturated heterocycles. The van der Waals surface area contributed by atoms with Crippen LogP contribution >= 0.6 is 0 Å². The molecule has 0 bridgehead atoms. The smallest absolute Gasteiger partial charge is 0.239 e. The van der Waals surface area contributed by atoms with Gasteiger partial charge in [-0.3, -0.25) is 9.69 Å². The number of aryl methyl sites for hydroxylation is 1. The van der Waals surface area contributed by atoms with Crippen LogP contribution in [-0.2, 0) is 9.53 Å². The van der Waals surface area contributed by atoms with Crippen LogP contribution < -0.4 is 11.1 Å². The number of morpholine rings is 1. The molecule has 1 amide bonds. The Morgan fingerprint density at radius 2 is 2.29 bits per heavy atom. The zero-order chi connectivity index (χ0) is 15.2. The molecule has 0 spiro atoms. The van der Waals surface area contributed by atoms with Gasteiger partial charge >= 0.3 is 0 Å². The number of carbonyl (C=O) groups is 1. The van der Waals surface area contributed by atoms with Crippen molar-refractivity contribution < 1.29 is 9.53 Å². The summed E-state index contributed by atoms with van der Waals surface area (Å²) in [6, 6.07) is 7.99. The van der Waals surface area contributed by atoms with Crippen LogP contribution in [0.2, 0.25) is 0 Å². The maximum absolute atomic E-state index is 12.3. The predicted molar refractivity (Wildman–Crippen MR) is 83.0 cm³/mol. The first kappa shape index (κ1) is 15.9. The third-order valence-electron chi connectivity index (χ3n) is 3.99. The molecule has 3 N–H and O–H groups in total. The van der Waals surface area contributed by atoms with Crippen molar-refractivity contribution in [2.24, 2.45) is 5.73 Å². The first-order chi connectivity index (χ1) is 10.2.